The Morgan fingerprint density at radius 2 is 1.67 bits per heavy atom. The zero-order valence-electron chi connectivity index (χ0n) is 12.3. The first-order valence-electron chi connectivity index (χ1n) is 6.63. The second-order valence-electron chi connectivity index (χ2n) is 5.80. The summed E-state index contributed by atoms with van der Waals surface area (Å²) in [6, 6.07) is 13.5. The average Bonchev–Trinajstić information content (AvgIpc) is 2.37. The van der Waals surface area contributed by atoms with Gasteiger partial charge in [-0.3, -0.25) is 0 Å². The summed E-state index contributed by atoms with van der Waals surface area (Å²) in [6.45, 7) is 6.46. The largest absolute Gasteiger partial charge is 0.478 e. The van der Waals surface area contributed by atoms with Crippen molar-refractivity contribution in [3.8, 4) is 0 Å². The minimum absolute atomic E-state index is 0.00551. The summed E-state index contributed by atoms with van der Waals surface area (Å²) in [5, 5.41) is 9.39. The molecule has 0 aliphatic carbocycles. The number of carboxylic acids is 1. The quantitative estimate of drug-likeness (QED) is 0.771. The molecule has 0 fully saturated rings. The molecule has 0 heterocycles. The maximum atomic E-state index is 11.5. The topological polar surface area (TPSA) is 37.3 Å². The lowest BCUT2D eigenvalue weighted by Crippen LogP contribution is -2.12. The maximum absolute atomic E-state index is 11.5. The molecule has 21 heavy (non-hydrogen) atoms. The van der Waals surface area contributed by atoms with Crippen molar-refractivity contribution in [3.05, 3.63) is 53.6 Å². The first kappa shape index (κ1) is 16.0. The van der Waals surface area contributed by atoms with E-state index >= 15 is 0 Å². The van der Waals surface area contributed by atoms with Crippen LogP contribution in [0, 0.1) is 0 Å². The Morgan fingerprint density at radius 1 is 1.05 bits per heavy atom. The van der Waals surface area contributed by atoms with Gasteiger partial charge < -0.3 is 5.11 Å². The Hall–Kier alpha value is -1.39. The monoisotopic (exact) mass is 318 g/mol. The molecule has 110 valence electrons. The van der Waals surface area contributed by atoms with Gasteiger partial charge in [0.15, 0.2) is 0 Å². The third-order valence-electron chi connectivity index (χ3n) is 3.13. The van der Waals surface area contributed by atoms with Crippen molar-refractivity contribution in [3.63, 3.8) is 0 Å². The van der Waals surface area contributed by atoms with Crippen molar-refractivity contribution in [1.29, 1.82) is 0 Å². The van der Waals surface area contributed by atoms with Crippen LogP contribution in [0.15, 0.2) is 57.2 Å². The molecule has 2 nitrogen and oxygen atoms in total. The van der Waals surface area contributed by atoms with E-state index in [0.29, 0.717) is 9.79 Å². The van der Waals surface area contributed by atoms with Gasteiger partial charge in [0.25, 0.3) is 0 Å². The Balaban J connectivity index is 2.50. The molecule has 0 aliphatic heterocycles. The molecule has 0 aromatic heterocycles. The molecule has 0 saturated heterocycles. The number of benzene rings is 2. The second-order valence-corrected chi connectivity index (χ2v) is 7.37. The van der Waals surface area contributed by atoms with Crippen molar-refractivity contribution in [2.45, 2.75) is 40.9 Å². The van der Waals surface area contributed by atoms with E-state index in [4.69, 9.17) is 0 Å². The summed E-state index contributed by atoms with van der Waals surface area (Å²) in [4.78, 5) is 13.7. The van der Waals surface area contributed by atoms with Crippen LogP contribution in [0.4, 0.5) is 0 Å². The van der Waals surface area contributed by atoms with E-state index in [1.807, 2.05) is 30.3 Å². The zero-order chi connectivity index (χ0) is 15.6. The van der Waals surface area contributed by atoms with E-state index in [1.165, 1.54) is 17.3 Å². The number of aromatic carboxylic acids is 1. The first-order valence-corrected chi connectivity index (χ1v) is 7.89. The minimum atomic E-state index is -0.948. The number of carbonyl (C=O) groups is 1. The van der Waals surface area contributed by atoms with Crippen LogP contribution in [0.3, 0.4) is 0 Å². The fraction of sp³-hybridized carbons (Fsp3) is 0.235. The number of hydrogen-bond acceptors (Lipinski definition) is 3. The summed E-state index contributed by atoms with van der Waals surface area (Å²) >= 11 is 5.74. The van der Waals surface area contributed by atoms with E-state index < -0.39 is 5.97 Å². The predicted molar refractivity (Wildman–Crippen MR) is 89.9 cm³/mol. The molecular weight excluding hydrogens is 300 g/mol. The number of thiol groups is 1. The molecule has 0 aliphatic rings. The fourth-order valence-corrected chi connectivity index (χ4v) is 3.80. The van der Waals surface area contributed by atoms with Gasteiger partial charge >= 0.3 is 5.97 Å². The van der Waals surface area contributed by atoms with E-state index in [9.17, 15) is 9.90 Å². The van der Waals surface area contributed by atoms with Gasteiger partial charge in [-0.1, -0.05) is 56.8 Å². The lowest BCUT2D eigenvalue weighted by Gasteiger charge is -2.22. The minimum Gasteiger partial charge on any atom is -0.478 e. The molecule has 0 spiro atoms. The van der Waals surface area contributed by atoms with Crippen LogP contribution in [-0.2, 0) is 5.41 Å². The van der Waals surface area contributed by atoms with Crippen LogP contribution in [-0.4, -0.2) is 11.1 Å². The standard InChI is InChI=1S/C17H18O2S2/c1-17(2,3)11-7-4-5-9-13(11)21-14-10-6-8-12(20)15(14)16(18)19/h4-10,20H,1-3H3,(H,18,19). The number of carboxylic acid groups (broad SMARTS) is 1. The molecule has 1 N–H and O–H groups in total. The summed E-state index contributed by atoms with van der Waals surface area (Å²) in [6.07, 6.45) is 0. The van der Waals surface area contributed by atoms with E-state index in [2.05, 4.69) is 39.5 Å². The van der Waals surface area contributed by atoms with Crippen molar-refractivity contribution in [1.82, 2.24) is 0 Å². The van der Waals surface area contributed by atoms with Gasteiger partial charge in [0.2, 0.25) is 0 Å². The lowest BCUT2D eigenvalue weighted by atomic mass is 9.87. The molecule has 0 bridgehead atoms. The highest BCUT2D eigenvalue weighted by Crippen LogP contribution is 2.38. The van der Waals surface area contributed by atoms with Gasteiger partial charge in [0, 0.05) is 14.7 Å². The highest BCUT2D eigenvalue weighted by Gasteiger charge is 2.20. The van der Waals surface area contributed by atoms with Crippen LogP contribution in [0.25, 0.3) is 0 Å². The Morgan fingerprint density at radius 3 is 2.29 bits per heavy atom. The maximum Gasteiger partial charge on any atom is 0.337 e. The molecule has 4 heteroatoms. The third kappa shape index (κ3) is 3.63. The van der Waals surface area contributed by atoms with Crippen molar-refractivity contribution < 1.29 is 9.90 Å². The van der Waals surface area contributed by atoms with Gasteiger partial charge in [-0.15, -0.1) is 12.6 Å². The zero-order valence-corrected chi connectivity index (χ0v) is 14.0. The summed E-state index contributed by atoms with van der Waals surface area (Å²) < 4.78 is 0. The van der Waals surface area contributed by atoms with Crippen LogP contribution in [0.5, 0.6) is 0 Å². The Labute approximate surface area is 135 Å². The second kappa shape index (κ2) is 6.16. The summed E-state index contributed by atoms with van der Waals surface area (Å²) in [7, 11) is 0. The first-order chi connectivity index (χ1) is 9.80. The fourth-order valence-electron chi connectivity index (χ4n) is 2.11. The van der Waals surface area contributed by atoms with Gasteiger partial charge in [0.1, 0.15) is 0 Å². The molecule has 2 aromatic carbocycles. The number of hydrogen-bond donors (Lipinski definition) is 2. The molecule has 0 saturated carbocycles. The Bertz CT molecular complexity index is 673. The van der Waals surface area contributed by atoms with Crippen molar-refractivity contribution in [2.75, 3.05) is 0 Å². The predicted octanol–water partition coefficient (Wildman–Crippen LogP) is 5.12. The van der Waals surface area contributed by atoms with Crippen molar-refractivity contribution in [2.24, 2.45) is 0 Å². The van der Waals surface area contributed by atoms with Crippen LogP contribution >= 0.6 is 24.4 Å². The SMILES string of the molecule is CC(C)(C)c1ccccc1Sc1cccc(S)c1C(=O)O. The lowest BCUT2D eigenvalue weighted by molar-refractivity contribution is 0.0689. The highest BCUT2D eigenvalue weighted by atomic mass is 32.2. The van der Waals surface area contributed by atoms with E-state index in [-0.39, 0.29) is 11.0 Å². The van der Waals surface area contributed by atoms with Gasteiger partial charge in [0.05, 0.1) is 5.56 Å². The van der Waals surface area contributed by atoms with Crippen molar-refractivity contribution >= 4 is 30.4 Å². The van der Waals surface area contributed by atoms with Gasteiger partial charge in [-0.2, -0.15) is 0 Å². The molecule has 0 amide bonds. The smallest absolute Gasteiger partial charge is 0.337 e. The molecule has 2 rings (SSSR count). The molecule has 0 radical (unpaired) electrons. The van der Waals surface area contributed by atoms with Gasteiger partial charge in [-0.05, 0) is 29.2 Å². The molecule has 0 atom stereocenters. The molecule has 0 unspecified atom stereocenters. The van der Waals surface area contributed by atoms with Crippen LogP contribution in [0.1, 0.15) is 36.7 Å². The van der Waals surface area contributed by atoms with Crippen LogP contribution in [0.2, 0.25) is 0 Å². The number of rotatable bonds is 3. The molecular formula is C17H18O2S2. The van der Waals surface area contributed by atoms with E-state index in [0.717, 1.165) is 4.90 Å². The molecule has 2 aromatic rings. The third-order valence-corrected chi connectivity index (χ3v) is 4.64. The summed E-state index contributed by atoms with van der Waals surface area (Å²) in [5.41, 5.74) is 1.47. The van der Waals surface area contributed by atoms with E-state index in [1.54, 1.807) is 6.07 Å². The normalized spacial score (nSPS) is 11.4. The Kier molecular flexibility index (Phi) is 4.69. The van der Waals surface area contributed by atoms with Crippen LogP contribution < -0.4 is 0 Å². The highest BCUT2D eigenvalue weighted by molar-refractivity contribution is 7.99. The average molecular weight is 318 g/mol. The van der Waals surface area contributed by atoms with Gasteiger partial charge in [-0.25, -0.2) is 4.79 Å². The summed E-state index contributed by atoms with van der Waals surface area (Å²) in [5.74, 6) is -0.948.